The Morgan fingerprint density at radius 2 is 2.00 bits per heavy atom. The third-order valence-electron chi connectivity index (χ3n) is 3.17. The number of hydrogen-bond donors (Lipinski definition) is 1. The van der Waals surface area contributed by atoms with Gasteiger partial charge in [0.1, 0.15) is 5.52 Å². The molecule has 6 nitrogen and oxygen atoms in total. The number of nitrogen functional groups attached to an aromatic ring is 1. The summed E-state index contributed by atoms with van der Waals surface area (Å²) < 4.78 is 2.13. The lowest BCUT2D eigenvalue weighted by Gasteiger charge is -2.06. The van der Waals surface area contributed by atoms with Crippen LogP contribution in [0.5, 0.6) is 0 Å². The quantitative estimate of drug-likeness (QED) is 0.442. The average molecular weight is 300 g/mol. The first-order chi connectivity index (χ1) is 10.3. The van der Waals surface area contributed by atoms with Gasteiger partial charge in [0.15, 0.2) is 11.0 Å². The summed E-state index contributed by atoms with van der Waals surface area (Å²) in [5.74, 6) is 1.45. The maximum atomic E-state index is 5.86. The summed E-state index contributed by atoms with van der Waals surface area (Å²) in [4.78, 5) is 16.9. The molecule has 0 spiro atoms. The van der Waals surface area contributed by atoms with Gasteiger partial charge in [0, 0.05) is 30.9 Å². The van der Waals surface area contributed by atoms with E-state index in [4.69, 9.17) is 5.73 Å². The summed E-state index contributed by atoms with van der Waals surface area (Å²) in [6, 6.07) is 1.82. The number of aromatic nitrogens is 5. The number of rotatable bonds is 5. The Kier molecular flexibility index (Phi) is 4.01. The normalized spacial score (nSPS) is 11.1. The highest BCUT2D eigenvalue weighted by atomic mass is 32.2. The molecule has 0 fully saturated rings. The number of hydrogen-bond acceptors (Lipinski definition) is 6. The zero-order valence-electron chi connectivity index (χ0n) is 11.7. The zero-order valence-corrected chi connectivity index (χ0v) is 12.5. The molecular weight excluding hydrogens is 284 g/mol. The van der Waals surface area contributed by atoms with Crippen molar-refractivity contribution >= 4 is 28.6 Å². The number of imidazole rings is 1. The van der Waals surface area contributed by atoms with Crippen molar-refractivity contribution in [1.29, 1.82) is 0 Å². The first-order valence-corrected chi connectivity index (χ1v) is 7.70. The Balaban J connectivity index is 1.65. The summed E-state index contributed by atoms with van der Waals surface area (Å²) in [5.41, 5.74) is 8.81. The highest BCUT2D eigenvalue weighted by Crippen LogP contribution is 2.21. The third-order valence-corrected chi connectivity index (χ3v) is 4.13. The number of nitrogens with zero attached hydrogens (tertiary/aromatic N) is 5. The standard InChI is InChI=1S/C14H16N6S/c1-10-8-18-13(15)11-12(10)20(9-19-11)6-3-7-21-14-16-4-2-5-17-14/h2,4-5,8-9H,3,6-7H2,1H3,(H2,15,18). The Hall–Kier alpha value is -2.15. The van der Waals surface area contributed by atoms with Crippen molar-refractivity contribution in [2.45, 2.75) is 25.0 Å². The van der Waals surface area contributed by atoms with E-state index in [-0.39, 0.29) is 0 Å². The molecule has 0 bridgehead atoms. The van der Waals surface area contributed by atoms with Crippen LogP contribution in [0.15, 0.2) is 36.1 Å². The molecule has 0 aliphatic heterocycles. The number of nitrogens with two attached hydrogens (primary N) is 1. The van der Waals surface area contributed by atoms with Gasteiger partial charge in [-0.05, 0) is 25.0 Å². The largest absolute Gasteiger partial charge is 0.382 e. The molecule has 0 aliphatic carbocycles. The van der Waals surface area contributed by atoms with Crippen molar-refractivity contribution in [3.8, 4) is 0 Å². The average Bonchev–Trinajstić information content (AvgIpc) is 2.94. The molecule has 2 N–H and O–H groups in total. The Morgan fingerprint density at radius 3 is 2.81 bits per heavy atom. The lowest BCUT2D eigenvalue weighted by atomic mass is 10.2. The fourth-order valence-electron chi connectivity index (χ4n) is 2.20. The maximum absolute atomic E-state index is 5.86. The van der Waals surface area contributed by atoms with Crippen molar-refractivity contribution in [3.05, 3.63) is 36.5 Å². The monoisotopic (exact) mass is 300 g/mol. The molecular formula is C14H16N6S. The van der Waals surface area contributed by atoms with Gasteiger partial charge in [-0.25, -0.2) is 19.9 Å². The molecule has 0 saturated carbocycles. The molecule has 3 heterocycles. The first kappa shape index (κ1) is 13.8. The Labute approximate surface area is 126 Å². The van der Waals surface area contributed by atoms with Crippen LogP contribution >= 0.6 is 11.8 Å². The van der Waals surface area contributed by atoms with E-state index in [1.54, 1.807) is 30.4 Å². The predicted octanol–water partition coefficient (Wildman–Crippen LogP) is 2.29. The van der Waals surface area contributed by atoms with Gasteiger partial charge in [-0.15, -0.1) is 0 Å². The summed E-state index contributed by atoms with van der Waals surface area (Å²) in [5, 5.41) is 0.817. The second-order valence-electron chi connectivity index (χ2n) is 4.70. The fraction of sp³-hybridized carbons (Fsp3) is 0.286. The molecule has 0 unspecified atom stereocenters. The van der Waals surface area contributed by atoms with E-state index >= 15 is 0 Å². The summed E-state index contributed by atoms with van der Waals surface area (Å²) in [6.07, 6.45) is 8.16. The molecule has 0 saturated heterocycles. The maximum Gasteiger partial charge on any atom is 0.187 e. The van der Waals surface area contributed by atoms with Crippen molar-refractivity contribution in [2.75, 3.05) is 11.5 Å². The minimum absolute atomic E-state index is 0.487. The van der Waals surface area contributed by atoms with E-state index < -0.39 is 0 Å². The summed E-state index contributed by atoms with van der Waals surface area (Å²) in [7, 11) is 0. The highest BCUT2D eigenvalue weighted by Gasteiger charge is 2.09. The highest BCUT2D eigenvalue weighted by molar-refractivity contribution is 7.99. The van der Waals surface area contributed by atoms with Crippen LogP contribution in [-0.4, -0.2) is 30.3 Å². The van der Waals surface area contributed by atoms with Crippen molar-refractivity contribution in [1.82, 2.24) is 24.5 Å². The van der Waals surface area contributed by atoms with E-state index in [9.17, 15) is 0 Å². The SMILES string of the molecule is Cc1cnc(N)c2ncn(CCCSc3ncccn3)c12. The second kappa shape index (κ2) is 6.09. The minimum atomic E-state index is 0.487. The number of aryl methyl sites for hydroxylation is 2. The molecule has 0 amide bonds. The third kappa shape index (κ3) is 2.97. The lowest BCUT2D eigenvalue weighted by molar-refractivity contribution is 0.700. The molecule has 0 radical (unpaired) electrons. The van der Waals surface area contributed by atoms with Gasteiger partial charge in [-0.1, -0.05) is 11.8 Å². The Bertz CT molecular complexity index is 740. The second-order valence-corrected chi connectivity index (χ2v) is 5.76. The number of anilines is 1. The van der Waals surface area contributed by atoms with Gasteiger partial charge in [0.2, 0.25) is 0 Å². The van der Waals surface area contributed by atoms with Crippen LogP contribution in [0.4, 0.5) is 5.82 Å². The fourth-order valence-corrected chi connectivity index (χ4v) is 2.93. The molecule has 0 aromatic carbocycles. The molecule has 3 aromatic heterocycles. The van der Waals surface area contributed by atoms with Crippen LogP contribution in [0, 0.1) is 6.92 Å². The Morgan fingerprint density at radius 1 is 1.19 bits per heavy atom. The van der Waals surface area contributed by atoms with Crippen molar-refractivity contribution in [2.24, 2.45) is 0 Å². The van der Waals surface area contributed by atoms with Gasteiger partial charge in [-0.3, -0.25) is 0 Å². The van der Waals surface area contributed by atoms with Gasteiger partial charge >= 0.3 is 0 Å². The minimum Gasteiger partial charge on any atom is -0.382 e. The smallest absolute Gasteiger partial charge is 0.187 e. The molecule has 21 heavy (non-hydrogen) atoms. The molecule has 7 heteroatoms. The van der Waals surface area contributed by atoms with Crippen LogP contribution in [0.1, 0.15) is 12.0 Å². The van der Waals surface area contributed by atoms with E-state index in [0.29, 0.717) is 5.82 Å². The number of thioether (sulfide) groups is 1. The van der Waals surface area contributed by atoms with E-state index in [0.717, 1.165) is 40.5 Å². The number of pyridine rings is 1. The van der Waals surface area contributed by atoms with E-state index in [1.807, 2.05) is 19.3 Å². The molecule has 0 aliphatic rings. The first-order valence-electron chi connectivity index (χ1n) is 6.71. The van der Waals surface area contributed by atoms with Gasteiger partial charge in [0.05, 0.1) is 11.8 Å². The van der Waals surface area contributed by atoms with Gasteiger partial charge in [-0.2, -0.15) is 0 Å². The van der Waals surface area contributed by atoms with Crippen LogP contribution in [0.3, 0.4) is 0 Å². The van der Waals surface area contributed by atoms with Crippen LogP contribution in [-0.2, 0) is 6.54 Å². The van der Waals surface area contributed by atoms with Crippen LogP contribution < -0.4 is 5.73 Å². The van der Waals surface area contributed by atoms with Crippen molar-refractivity contribution < 1.29 is 0 Å². The zero-order chi connectivity index (χ0) is 14.7. The predicted molar refractivity (Wildman–Crippen MR) is 84.1 cm³/mol. The summed E-state index contributed by atoms with van der Waals surface area (Å²) >= 11 is 1.66. The molecule has 3 rings (SSSR count). The van der Waals surface area contributed by atoms with Gasteiger partial charge < -0.3 is 10.3 Å². The van der Waals surface area contributed by atoms with Crippen LogP contribution in [0.2, 0.25) is 0 Å². The van der Waals surface area contributed by atoms with E-state index in [1.165, 1.54) is 0 Å². The number of fused-ring (bicyclic) bond motifs is 1. The van der Waals surface area contributed by atoms with Crippen molar-refractivity contribution in [3.63, 3.8) is 0 Å². The van der Waals surface area contributed by atoms with Gasteiger partial charge in [0.25, 0.3) is 0 Å². The van der Waals surface area contributed by atoms with E-state index in [2.05, 4.69) is 24.5 Å². The lowest BCUT2D eigenvalue weighted by Crippen LogP contribution is -2.00. The molecule has 3 aromatic rings. The van der Waals surface area contributed by atoms with Crippen LogP contribution in [0.25, 0.3) is 11.0 Å². The molecule has 0 atom stereocenters. The summed E-state index contributed by atoms with van der Waals surface area (Å²) in [6.45, 7) is 2.92. The topological polar surface area (TPSA) is 82.5 Å². The molecule has 108 valence electrons.